The van der Waals surface area contributed by atoms with Crippen molar-refractivity contribution in [2.45, 2.75) is 123 Å². The van der Waals surface area contributed by atoms with Gasteiger partial charge in [0.2, 0.25) is 5.91 Å². The first-order valence-electron chi connectivity index (χ1n) is 16.1. The summed E-state index contributed by atoms with van der Waals surface area (Å²) in [4.78, 5) is 38.5. The summed E-state index contributed by atoms with van der Waals surface area (Å²) in [6.07, 6.45) is 10.7. The van der Waals surface area contributed by atoms with Gasteiger partial charge in [0.1, 0.15) is 17.9 Å². The highest BCUT2D eigenvalue weighted by atomic mass is 16.5. The molecule has 0 unspecified atom stereocenters. The van der Waals surface area contributed by atoms with Gasteiger partial charge in [-0.2, -0.15) is 0 Å². The maximum atomic E-state index is 13.3. The summed E-state index contributed by atoms with van der Waals surface area (Å²) < 4.78 is 6.10. The smallest absolute Gasteiger partial charge is 0.329 e. The Morgan fingerprint density at radius 1 is 1.00 bits per heavy atom. The Morgan fingerprint density at radius 3 is 2.34 bits per heavy atom. The van der Waals surface area contributed by atoms with E-state index in [1.54, 1.807) is 6.92 Å². The summed E-state index contributed by atoms with van der Waals surface area (Å²) in [7, 11) is 0. The van der Waals surface area contributed by atoms with Gasteiger partial charge in [-0.25, -0.2) is 4.79 Å². The number of ketones is 1. The van der Waals surface area contributed by atoms with Crippen LogP contribution in [0.2, 0.25) is 0 Å². The van der Waals surface area contributed by atoms with E-state index in [2.05, 4.69) is 24.5 Å². The van der Waals surface area contributed by atoms with Crippen LogP contribution >= 0.6 is 0 Å². The lowest BCUT2D eigenvalue weighted by Crippen LogP contribution is -2.55. The highest BCUT2D eigenvalue weighted by Gasteiger charge is 2.61. The van der Waals surface area contributed by atoms with Gasteiger partial charge in [-0.1, -0.05) is 27.7 Å². The van der Waals surface area contributed by atoms with E-state index in [-0.39, 0.29) is 46.6 Å². The van der Waals surface area contributed by atoms with Gasteiger partial charge in [0.15, 0.2) is 5.96 Å². The van der Waals surface area contributed by atoms with E-state index in [1.807, 2.05) is 13.8 Å². The van der Waals surface area contributed by atoms with Gasteiger partial charge >= 0.3 is 5.97 Å². The number of nitrogens with one attached hydrogen (secondary N) is 3. The molecule has 1 amide bonds. The van der Waals surface area contributed by atoms with Crippen LogP contribution in [0.15, 0.2) is 0 Å². The first kappa shape index (κ1) is 31.8. The molecule has 0 saturated heterocycles. The van der Waals surface area contributed by atoms with Gasteiger partial charge in [-0.15, -0.1) is 0 Å². The van der Waals surface area contributed by atoms with E-state index >= 15 is 0 Å². The zero-order chi connectivity index (χ0) is 30.1. The summed E-state index contributed by atoms with van der Waals surface area (Å²) in [6.45, 7) is 11.0. The van der Waals surface area contributed by atoms with Crippen LogP contribution in [0.3, 0.4) is 0 Å². The van der Waals surface area contributed by atoms with Crippen LogP contribution in [0, 0.1) is 51.7 Å². The quantitative estimate of drug-likeness (QED) is 0.115. The van der Waals surface area contributed by atoms with Crippen LogP contribution in [-0.2, 0) is 19.1 Å². The number of amides is 1. The molecule has 0 heterocycles. The minimum Gasteiger partial charge on any atom is -0.461 e. The molecule has 4 saturated carbocycles. The fourth-order valence-corrected chi connectivity index (χ4v) is 9.67. The van der Waals surface area contributed by atoms with Crippen molar-refractivity contribution in [2.75, 3.05) is 6.54 Å². The second kappa shape index (κ2) is 12.6. The van der Waals surface area contributed by atoms with E-state index in [0.717, 1.165) is 32.1 Å². The predicted octanol–water partition coefficient (Wildman–Crippen LogP) is 3.88. The van der Waals surface area contributed by atoms with Crippen molar-refractivity contribution >= 4 is 23.6 Å². The number of esters is 1. The highest BCUT2D eigenvalue weighted by molar-refractivity contribution is 5.87. The molecule has 0 spiro atoms. The maximum Gasteiger partial charge on any atom is 0.329 e. The molecule has 4 rings (SSSR count). The second-order valence-electron chi connectivity index (χ2n) is 14.6. The molecule has 0 bridgehead atoms. The third kappa shape index (κ3) is 6.45. The van der Waals surface area contributed by atoms with Crippen LogP contribution in [0.25, 0.3) is 0 Å². The molecule has 232 valence electrons. The van der Waals surface area contributed by atoms with E-state index < -0.39 is 12.1 Å². The number of hydrogen-bond acceptors (Lipinski definition) is 6. The van der Waals surface area contributed by atoms with E-state index in [4.69, 9.17) is 21.6 Å². The number of Topliss-reactive ketones (excluding diaryl/α,β-unsaturated/α-hetero) is 1. The van der Waals surface area contributed by atoms with Gasteiger partial charge in [-0.05, 0) is 118 Å². The molecule has 4 aliphatic rings. The number of ether oxygens (including phenoxy) is 1. The molecule has 7 N–H and O–H groups in total. The molecule has 9 nitrogen and oxygen atoms in total. The van der Waals surface area contributed by atoms with Gasteiger partial charge in [0.25, 0.3) is 0 Å². The summed E-state index contributed by atoms with van der Waals surface area (Å²) in [6, 6.07) is -1.48. The molecule has 0 aromatic heterocycles. The Hall–Kier alpha value is -2.16. The first-order valence-corrected chi connectivity index (χ1v) is 16.1. The van der Waals surface area contributed by atoms with Gasteiger partial charge in [-0.3, -0.25) is 15.0 Å². The highest BCUT2D eigenvalue weighted by Crippen LogP contribution is 2.67. The van der Waals surface area contributed by atoms with Crippen LogP contribution < -0.4 is 22.1 Å². The lowest BCUT2D eigenvalue weighted by Gasteiger charge is -2.61. The van der Waals surface area contributed by atoms with Crippen LogP contribution in [0.1, 0.15) is 105 Å². The Balaban J connectivity index is 1.32. The average molecular weight is 574 g/mol. The molecular formula is C32H55N5O4. The summed E-state index contributed by atoms with van der Waals surface area (Å²) >= 11 is 0. The van der Waals surface area contributed by atoms with E-state index in [0.29, 0.717) is 48.8 Å². The average Bonchev–Trinajstić information content (AvgIpc) is 3.26. The van der Waals surface area contributed by atoms with Crippen LogP contribution in [-0.4, -0.2) is 48.4 Å². The number of carbonyl (C=O) groups excluding carboxylic acids is 3. The minimum atomic E-state index is -0.744. The Kier molecular flexibility index (Phi) is 9.76. The summed E-state index contributed by atoms with van der Waals surface area (Å²) in [5.41, 5.74) is 11.8. The van der Waals surface area contributed by atoms with Crippen molar-refractivity contribution in [1.82, 2.24) is 10.6 Å². The lowest BCUT2D eigenvalue weighted by molar-refractivity contribution is -0.166. The molecule has 4 aliphatic carbocycles. The molecule has 0 aromatic carbocycles. The van der Waals surface area contributed by atoms with Crippen molar-refractivity contribution in [1.29, 1.82) is 5.41 Å². The van der Waals surface area contributed by atoms with Crippen molar-refractivity contribution in [2.24, 2.45) is 57.8 Å². The third-order valence-electron chi connectivity index (χ3n) is 12.0. The van der Waals surface area contributed by atoms with Gasteiger partial charge < -0.3 is 26.8 Å². The van der Waals surface area contributed by atoms with Crippen LogP contribution in [0.5, 0.6) is 0 Å². The van der Waals surface area contributed by atoms with Crippen LogP contribution in [0.4, 0.5) is 0 Å². The summed E-state index contributed by atoms with van der Waals surface area (Å²) in [5.74, 6) is 2.26. The number of rotatable bonds is 10. The molecule has 4 fully saturated rings. The number of fused-ring (bicyclic) bond motifs is 5. The standard InChI is InChI=1S/C32H55N5O4/c1-18(2)27(37-28(39)26(33)7-6-16-36-30(34)35)29(40)41-21-12-14-31(4)20(17-21)8-9-22-24-11-10-23(19(3)38)32(24,5)15-13-25(22)31/h18,20-27H,6-17,33H2,1-5H3,(H,37,39)(H4,34,35,36)/t20-,21+,22-,23+,24-,25-,26-,27-,31-,32+/m0/s1. The Morgan fingerprint density at radius 2 is 1.68 bits per heavy atom. The maximum absolute atomic E-state index is 13.3. The molecule has 0 aromatic rings. The number of nitrogens with two attached hydrogens (primary N) is 2. The minimum absolute atomic E-state index is 0.111. The van der Waals surface area contributed by atoms with E-state index in [1.165, 1.54) is 25.7 Å². The fraction of sp³-hybridized carbons (Fsp3) is 0.875. The molecule has 9 heteroatoms. The zero-order valence-corrected chi connectivity index (χ0v) is 26.0. The predicted molar refractivity (Wildman–Crippen MR) is 160 cm³/mol. The number of guanidine groups is 1. The first-order chi connectivity index (χ1) is 19.3. The molecule has 0 aliphatic heterocycles. The monoisotopic (exact) mass is 573 g/mol. The van der Waals surface area contributed by atoms with E-state index in [9.17, 15) is 14.4 Å². The topological polar surface area (TPSA) is 160 Å². The largest absolute Gasteiger partial charge is 0.461 e. The SMILES string of the molecule is CC(=O)[C@H]1CC[C@H]2[C@@H]3CC[C@H]4C[C@H](OC(=O)[C@@H](NC(=O)[C@@H](N)CCCNC(=N)N)C(C)C)CC[C@]4(C)[C@H]3CC[C@]12C. The number of carbonyl (C=O) groups is 3. The number of hydrogen-bond donors (Lipinski definition) is 5. The van der Waals surface area contributed by atoms with Crippen molar-refractivity contribution in [3.8, 4) is 0 Å². The lowest BCUT2D eigenvalue weighted by atomic mass is 9.44. The summed E-state index contributed by atoms with van der Waals surface area (Å²) in [5, 5.41) is 12.8. The van der Waals surface area contributed by atoms with Crippen molar-refractivity contribution < 1.29 is 19.1 Å². The Bertz CT molecular complexity index is 1000. The zero-order valence-electron chi connectivity index (χ0n) is 26.0. The molecule has 41 heavy (non-hydrogen) atoms. The van der Waals surface area contributed by atoms with Crippen molar-refractivity contribution in [3.05, 3.63) is 0 Å². The molecular weight excluding hydrogens is 518 g/mol. The molecule has 0 radical (unpaired) electrons. The second-order valence-corrected chi connectivity index (χ2v) is 14.6. The Labute approximate surface area is 246 Å². The fourth-order valence-electron chi connectivity index (χ4n) is 9.67. The normalized spacial score (nSPS) is 37.6. The molecule has 10 atom stereocenters. The van der Waals surface area contributed by atoms with Gasteiger partial charge in [0.05, 0.1) is 6.04 Å². The van der Waals surface area contributed by atoms with Gasteiger partial charge in [0, 0.05) is 12.5 Å². The van der Waals surface area contributed by atoms with Crippen molar-refractivity contribution in [3.63, 3.8) is 0 Å². The third-order valence-corrected chi connectivity index (χ3v) is 12.0.